The second kappa shape index (κ2) is 5.47. The Bertz CT molecular complexity index is 568. The van der Waals surface area contributed by atoms with Gasteiger partial charge in [-0.25, -0.2) is 8.42 Å². The van der Waals surface area contributed by atoms with E-state index in [4.69, 9.17) is 0 Å². The van der Waals surface area contributed by atoms with E-state index in [-0.39, 0.29) is 0 Å². The third-order valence-electron chi connectivity index (χ3n) is 4.53. The summed E-state index contributed by atoms with van der Waals surface area (Å²) >= 11 is 0. The minimum Gasteiger partial charge on any atom is -0.308 e. The van der Waals surface area contributed by atoms with Crippen molar-refractivity contribution in [3.05, 3.63) is 29.8 Å². The summed E-state index contributed by atoms with van der Waals surface area (Å²) in [6, 6.07) is 8.51. The average molecular weight is 294 g/mol. The van der Waals surface area contributed by atoms with E-state index in [1.54, 1.807) is 12.1 Å². The fourth-order valence-corrected chi connectivity index (χ4v) is 4.05. The number of hydrogen-bond donors (Lipinski definition) is 1. The van der Waals surface area contributed by atoms with Crippen LogP contribution in [0.25, 0.3) is 0 Å². The second-order valence-corrected chi connectivity index (χ2v) is 7.95. The predicted molar refractivity (Wildman–Crippen MR) is 79.4 cm³/mol. The van der Waals surface area contributed by atoms with Crippen LogP contribution in [0.4, 0.5) is 0 Å². The molecule has 1 aromatic rings. The fourth-order valence-electron chi connectivity index (χ4n) is 3.42. The van der Waals surface area contributed by atoms with Crippen LogP contribution in [0.1, 0.15) is 24.8 Å². The molecule has 0 radical (unpaired) electrons. The van der Waals surface area contributed by atoms with Crippen molar-refractivity contribution in [2.24, 2.45) is 0 Å². The van der Waals surface area contributed by atoms with Gasteiger partial charge in [0.25, 0.3) is 0 Å². The van der Waals surface area contributed by atoms with E-state index in [0.29, 0.717) is 17.0 Å². The van der Waals surface area contributed by atoms with Gasteiger partial charge in [-0.05, 0) is 43.5 Å². The zero-order chi connectivity index (χ0) is 14.2. The molecule has 2 saturated heterocycles. The molecule has 2 aliphatic heterocycles. The van der Waals surface area contributed by atoms with Crippen LogP contribution in [0.15, 0.2) is 29.2 Å². The first kappa shape index (κ1) is 14.0. The van der Waals surface area contributed by atoms with Gasteiger partial charge in [0.1, 0.15) is 0 Å². The molecule has 5 heteroatoms. The summed E-state index contributed by atoms with van der Waals surface area (Å²) < 4.78 is 22.8. The van der Waals surface area contributed by atoms with Gasteiger partial charge in [0.05, 0.1) is 4.90 Å². The van der Waals surface area contributed by atoms with Gasteiger partial charge in [0, 0.05) is 31.4 Å². The lowest BCUT2D eigenvalue weighted by molar-refractivity contribution is 0.298. The highest BCUT2D eigenvalue weighted by Crippen LogP contribution is 2.28. The molecule has 0 aliphatic carbocycles. The van der Waals surface area contributed by atoms with Crippen LogP contribution < -0.4 is 5.32 Å². The first-order chi connectivity index (χ1) is 9.54. The van der Waals surface area contributed by atoms with Crippen molar-refractivity contribution >= 4 is 9.84 Å². The second-order valence-electron chi connectivity index (χ2n) is 5.94. The van der Waals surface area contributed by atoms with Gasteiger partial charge >= 0.3 is 0 Å². The number of hydrogen-bond acceptors (Lipinski definition) is 4. The van der Waals surface area contributed by atoms with Crippen molar-refractivity contribution in [3.8, 4) is 0 Å². The van der Waals surface area contributed by atoms with Crippen molar-refractivity contribution in [3.63, 3.8) is 0 Å². The monoisotopic (exact) mass is 294 g/mol. The van der Waals surface area contributed by atoms with Crippen molar-refractivity contribution in [1.82, 2.24) is 10.2 Å². The molecule has 1 N–H and O–H groups in total. The maximum absolute atomic E-state index is 11.4. The number of rotatable bonds is 4. The van der Waals surface area contributed by atoms with Gasteiger partial charge in [-0.3, -0.25) is 4.90 Å². The summed E-state index contributed by atoms with van der Waals surface area (Å²) in [7, 11) is -3.09. The summed E-state index contributed by atoms with van der Waals surface area (Å²) in [6.45, 7) is 3.29. The third-order valence-corrected chi connectivity index (χ3v) is 5.65. The highest BCUT2D eigenvalue weighted by Gasteiger charge is 2.36. The Kier molecular flexibility index (Phi) is 3.84. The van der Waals surface area contributed by atoms with Gasteiger partial charge in [0.2, 0.25) is 0 Å². The average Bonchev–Trinajstić information content (AvgIpc) is 2.99. The first-order valence-corrected chi connectivity index (χ1v) is 9.19. The van der Waals surface area contributed by atoms with Crippen LogP contribution in [0, 0.1) is 0 Å². The van der Waals surface area contributed by atoms with Gasteiger partial charge < -0.3 is 5.32 Å². The Morgan fingerprint density at radius 1 is 1.20 bits per heavy atom. The van der Waals surface area contributed by atoms with Crippen LogP contribution in [0.2, 0.25) is 0 Å². The largest absolute Gasteiger partial charge is 0.308 e. The molecule has 0 saturated carbocycles. The maximum Gasteiger partial charge on any atom is 0.175 e. The molecule has 3 rings (SSSR count). The first-order valence-electron chi connectivity index (χ1n) is 7.30. The van der Waals surface area contributed by atoms with E-state index in [0.717, 1.165) is 12.1 Å². The highest BCUT2D eigenvalue weighted by molar-refractivity contribution is 7.90. The van der Waals surface area contributed by atoms with E-state index in [9.17, 15) is 8.42 Å². The molecular weight excluding hydrogens is 272 g/mol. The van der Waals surface area contributed by atoms with Crippen molar-refractivity contribution in [2.45, 2.75) is 42.8 Å². The number of sulfone groups is 1. The lowest BCUT2D eigenvalue weighted by Gasteiger charge is -2.21. The number of nitrogens with one attached hydrogen (secondary N) is 1. The predicted octanol–water partition coefficient (Wildman–Crippen LogP) is 1.42. The maximum atomic E-state index is 11.4. The van der Waals surface area contributed by atoms with E-state index < -0.39 is 9.84 Å². The Morgan fingerprint density at radius 3 is 2.65 bits per heavy atom. The molecule has 0 amide bonds. The van der Waals surface area contributed by atoms with Gasteiger partial charge in [-0.15, -0.1) is 0 Å². The highest BCUT2D eigenvalue weighted by atomic mass is 32.2. The molecule has 0 aromatic heterocycles. The number of fused-ring (bicyclic) bond motifs is 1. The molecule has 2 aliphatic rings. The Balaban J connectivity index is 1.59. The Morgan fingerprint density at radius 2 is 1.95 bits per heavy atom. The minimum absolute atomic E-state index is 0.393. The van der Waals surface area contributed by atoms with Crippen LogP contribution in [-0.2, 0) is 16.4 Å². The van der Waals surface area contributed by atoms with Crippen molar-refractivity contribution < 1.29 is 8.42 Å². The van der Waals surface area contributed by atoms with E-state index in [1.165, 1.54) is 38.6 Å². The third kappa shape index (κ3) is 2.90. The number of benzene rings is 1. The summed E-state index contributed by atoms with van der Waals surface area (Å²) in [5.74, 6) is 0. The van der Waals surface area contributed by atoms with Crippen LogP contribution in [0.3, 0.4) is 0 Å². The summed E-state index contributed by atoms with van der Waals surface area (Å²) in [5, 5.41) is 3.64. The SMILES string of the molecule is CS(=O)(=O)c1ccc(CNC2CCN3CCCC23)cc1. The standard InChI is InChI=1S/C15H22N2O2S/c1-20(18,19)13-6-4-12(5-7-13)11-16-14-8-10-17-9-2-3-15(14)17/h4-7,14-16H,2-3,8-11H2,1H3. The zero-order valence-corrected chi connectivity index (χ0v) is 12.7. The summed E-state index contributed by atoms with van der Waals surface area (Å²) in [6.07, 6.45) is 5.11. The lowest BCUT2D eigenvalue weighted by Crippen LogP contribution is -2.38. The smallest absolute Gasteiger partial charge is 0.175 e. The molecule has 0 bridgehead atoms. The van der Waals surface area contributed by atoms with Crippen molar-refractivity contribution in [2.75, 3.05) is 19.3 Å². The lowest BCUT2D eigenvalue weighted by atomic mass is 10.1. The number of nitrogens with zero attached hydrogens (tertiary/aromatic N) is 1. The fraction of sp³-hybridized carbons (Fsp3) is 0.600. The topological polar surface area (TPSA) is 49.4 Å². The Hall–Kier alpha value is -0.910. The molecule has 2 heterocycles. The molecule has 0 spiro atoms. The molecular formula is C15H22N2O2S. The van der Waals surface area contributed by atoms with Gasteiger partial charge in [-0.1, -0.05) is 12.1 Å². The molecule has 4 nitrogen and oxygen atoms in total. The molecule has 110 valence electrons. The van der Waals surface area contributed by atoms with E-state index >= 15 is 0 Å². The summed E-state index contributed by atoms with van der Waals surface area (Å²) in [5.41, 5.74) is 1.15. The molecule has 20 heavy (non-hydrogen) atoms. The molecule has 1 aromatic carbocycles. The Labute approximate surface area is 121 Å². The molecule has 2 atom stereocenters. The van der Waals surface area contributed by atoms with Crippen LogP contribution in [-0.4, -0.2) is 44.7 Å². The zero-order valence-electron chi connectivity index (χ0n) is 11.9. The minimum atomic E-state index is -3.09. The van der Waals surface area contributed by atoms with Crippen LogP contribution in [0.5, 0.6) is 0 Å². The normalized spacial score (nSPS) is 26.9. The summed E-state index contributed by atoms with van der Waals surface area (Å²) in [4.78, 5) is 2.98. The van der Waals surface area contributed by atoms with E-state index in [1.807, 2.05) is 12.1 Å². The van der Waals surface area contributed by atoms with Crippen molar-refractivity contribution in [1.29, 1.82) is 0 Å². The molecule has 2 unspecified atom stereocenters. The van der Waals surface area contributed by atoms with Crippen LogP contribution >= 0.6 is 0 Å². The van der Waals surface area contributed by atoms with Gasteiger partial charge in [-0.2, -0.15) is 0 Å². The molecule has 2 fully saturated rings. The van der Waals surface area contributed by atoms with Gasteiger partial charge in [0.15, 0.2) is 9.84 Å². The quantitative estimate of drug-likeness (QED) is 0.912. The van der Waals surface area contributed by atoms with E-state index in [2.05, 4.69) is 10.2 Å².